The van der Waals surface area contributed by atoms with E-state index in [4.69, 9.17) is 53.5 Å². The molecule has 0 aliphatic carbocycles. The van der Waals surface area contributed by atoms with Gasteiger partial charge in [-0.3, -0.25) is 19.1 Å². The smallest absolute Gasteiger partial charge is 0.330 e. The van der Waals surface area contributed by atoms with E-state index < -0.39 is 52.7 Å². The molecule has 0 spiro atoms. The molecule has 198 valence electrons. The Morgan fingerprint density at radius 2 is 1.94 bits per heavy atom. The molecule has 3 N–H and O–H groups in total. The predicted octanol–water partition coefficient (Wildman–Crippen LogP) is 2.22. The third kappa shape index (κ3) is 6.96. The Bertz CT molecular complexity index is 1230. The van der Waals surface area contributed by atoms with Crippen LogP contribution in [0, 0.1) is 0 Å². The number of H-pyrrole nitrogens is 1. The lowest BCUT2D eigenvalue weighted by Gasteiger charge is -2.28. The lowest BCUT2D eigenvalue weighted by atomic mass is 10.2. The van der Waals surface area contributed by atoms with E-state index in [1.165, 1.54) is 0 Å². The predicted molar refractivity (Wildman–Crippen MR) is 137 cm³/mol. The number of hydrogen-bond acceptors (Lipinski definition) is 9. The van der Waals surface area contributed by atoms with Crippen molar-refractivity contribution in [3.05, 3.63) is 63.4 Å². The summed E-state index contributed by atoms with van der Waals surface area (Å²) in [5.74, 6) is -0.179. The minimum absolute atomic E-state index is 0.341. The van der Waals surface area contributed by atoms with E-state index in [1.807, 2.05) is 0 Å². The molecule has 3 rings (SSSR count). The number of para-hydroxylation sites is 1. The molecule has 1 aromatic carbocycles. The van der Waals surface area contributed by atoms with Crippen molar-refractivity contribution in [2.24, 2.45) is 0 Å². The molecule has 36 heavy (non-hydrogen) atoms. The second-order valence-electron chi connectivity index (χ2n) is 8.20. The number of aromatic amines is 1. The summed E-state index contributed by atoms with van der Waals surface area (Å²) in [4.78, 5) is 38.0. The molecule has 0 amide bonds. The van der Waals surface area contributed by atoms with Gasteiger partial charge in [-0.05, 0) is 44.7 Å². The zero-order chi connectivity index (χ0) is 26.7. The molecular formula is C21H26Cl2N3O8PS. The number of rotatable bonds is 10. The van der Waals surface area contributed by atoms with Gasteiger partial charge in [0, 0.05) is 12.3 Å². The van der Waals surface area contributed by atoms with E-state index in [-0.39, 0.29) is 12.7 Å². The first-order valence-corrected chi connectivity index (χ1v) is 14.2. The number of halogens is 2. The molecule has 0 radical (unpaired) electrons. The number of nitrogens with zero attached hydrogens (tertiary/aromatic N) is 1. The molecule has 1 aliphatic rings. The van der Waals surface area contributed by atoms with Gasteiger partial charge in [-0.2, -0.15) is 0 Å². The summed E-state index contributed by atoms with van der Waals surface area (Å²) in [6, 6.07) is 8.77. The maximum absolute atomic E-state index is 12.4. The topological polar surface area (TPSA) is 141 Å². The second kappa shape index (κ2) is 11.7. The fourth-order valence-electron chi connectivity index (χ4n) is 3.22. The van der Waals surface area contributed by atoms with Crippen LogP contribution < -0.4 is 20.9 Å². The molecule has 0 unspecified atom stereocenters. The maximum atomic E-state index is 12.4. The van der Waals surface area contributed by atoms with Crippen molar-refractivity contribution in [1.29, 1.82) is 0 Å². The summed E-state index contributed by atoms with van der Waals surface area (Å²) < 4.78 is 21.7. The van der Waals surface area contributed by atoms with Crippen molar-refractivity contribution in [2.75, 3.05) is 6.61 Å². The fraction of sp³-hybridized carbons (Fsp3) is 0.476. The monoisotopic (exact) mass is 581 g/mol. The van der Waals surface area contributed by atoms with Gasteiger partial charge in [-0.25, -0.2) is 9.88 Å². The van der Waals surface area contributed by atoms with Crippen LogP contribution in [0.25, 0.3) is 0 Å². The Labute approximate surface area is 221 Å². The number of carbonyl (C=O) groups is 1. The van der Waals surface area contributed by atoms with Crippen molar-refractivity contribution >= 4 is 47.6 Å². The quantitative estimate of drug-likeness (QED) is 0.217. The number of ether oxygens (including phenoxy) is 2. The molecule has 15 heteroatoms. The fourth-order valence-corrected chi connectivity index (χ4v) is 6.24. The number of alkyl halides is 2. The van der Waals surface area contributed by atoms with Gasteiger partial charge < -0.3 is 23.6 Å². The summed E-state index contributed by atoms with van der Waals surface area (Å²) in [6.07, 6.45) is -3.22. The normalized spacial score (nSPS) is 23.7. The van der Waals surface area contributed by atoms with Crippen molar-refractivity contribution in [3.8, 4) is 5.75 Å². The standard InChI is InChI=1S/C21H26Cl2N3O8PS/c1-12(2)32-18(29)13(3)25-35(36,34-14-7-5-4-6-8-14)31-11-15-17(28)21(22,23)19(33-15)26-10-9-16(27)24-20(26)30/h4-10,12-13,15,17,19,28H,11H2,1-3H3,(H,25,36)(H,24,27,30)/t13-,15+,17+,19+,35-/m0/s1. The first kappa shape index (κ1) is 28.8. The van der Waals surface area contributed by atoms with Crippen LogP contribution in [0.1, 0.15) is 27.0 Å². The van der Waals surface area contributed by atoms with Gasteiger partial charge in [-0.1, -0.05) is 41.4 Å². The van der Waals surface area contributed by atoms with Gasteiger partial charge in [-0.15, -0.1) is 0 Å². The second-order valence-corrected chi connectivity index (χ2v) is 12.8. The Morgan fingerprint density at radius 3 is 2.56 bits per heavy atom. The summed E-state index contributed by atoms with van der Waals surface area (Å²) in [6.45, 7) is 1.18. The molecule has 0 saturated carbocycles. The number of esters is 1. The number of aliphatic hydroxyl groups is 1. The van der Waals surface area contributed by atoms with Crippen LogP contribution in [-0.2, 0) is 30.6 Å². The summed E-state index contributed by atoms with van der Waals surface area (Å²) in [7, 11) is 0. The number of nitrogens with one attached hydrogen (secondary N) is 2. The average molecular weight is 582 g/mol. The first-order chi connectivity index (χ1) is 16.8. The van der Waals surface area contributed by atoms with Crippen molar-refractivity contribution in [3.63, 3.8) is 0 Å². The first-order valence-electron chi connectivity index (χ1n) is 10.8. The van der Waals surface area contributed by atoms with Gasteiger partial charge in [0.15, 0.2) is 10.6 Å². The van der Waals surface area contributed by atoms with Crippen LogP contribution in [0.4, 0.5) is 0 Å². The number of aromatic nitrogens is 2. The minimum Gasteiger partial charge on any atom is -0.462 e. The highest BCUT2D eigenvalue weighted by molar-refractivity contribution is 8.09. The highest BCUT2D eigenvalue weighted by Crippen LogP contribution is 2.49. The van der Waals surface area contributed by atoms with Gasteiger partial charge in [0.05, 0.1) is 12.7 Å². The minimum atomic E-state index is -3.43. The third-order valence-corrected chi connectivity index (χ3v) is 8.24. The number of benzene rings is 1. The Balaban J connectivity index is 1.80. The van der Waals surface area contributed by atoms with E-state index in [2.05, 4.69) is 10.1 Å². The van der Waals surface area contributed by atoms with Crippen molar-refractivity contribution < 1.29 is 28.4 Å². The van der Waals surface area contributed by atoms with Crippen LogP contribution in [0.3, 0.4) is 0 Å². The third-order valence-electron chi connectivity index (χ3n) is 4.92. The molecule has 5 atom stereocenters. The van der Waals surface area contributed by atoms with Gasteiger partial charge in [0.1, 0.15) is 24.0 Å². The Hall–Kier alpha value is -1.76. The molecule has 2 aromatic rings. The van der Waals surface area contributed by atoms with Crippen molar-refractivity contribution in [1.82, 2.24) is 14.6 Å². The molecule has 1 aromatic heterocycles. The van der Waals surface area contributed by atoms with E-state index in [9.17, 15) is 19.5 Å². The van der Waals surface area contributed by atoms with E-state index >= 15 is 0 Å². The highest BCUT2D eigenvalue weighted by atomic mass is 35.5. The van der Waals surface area contributed by atoms with Gasteiger partial charge in [0.25, 0.3) is 5.56 Å². The number of hydrogen-bond donors (Lipinski definition) is 3. The van der Waals surface area contributed by atoms with Crippen molar-refractivity contribution in [2.45, 2.75) is 55.7 Å². The van der Waals surface area contributed by atoms with Gasteiger partial charge in [0.2, 0.25) is 0 Å². The summed E-state index contributed by atoms with van der Waals surface area (Å²) in [5.41, 5.74) is -1.46. The Kier molecular flexibility index (Phi) is 9.40. The van der Waals surface area contributed by atoms with Crippen LogP contribution in [0.15, 0.2) is 52.2 Å². The molecule has 0 bridgehead atoms. The summed E-state index contributed by atoms with van der Waals surface area (Å²) >= 11 is 18.3. The maximum Gasteiger partial charge on any atom is 0.330 e. The zero-order valence-electron chi connectivity index (χ0n) is 19.5. The van der Waals surface area contributed by atoms with E-state index in [1.54, 1.807) is 51.1 Å². The highest BCUT2D eigenvalue weighted by Gasteiger charge is 2.56. The largest absolute Gasteiger partial charge is 0.462 e. The lowest BCUT2D eigenvalue weighted by Crippen LogP contribution is -2.41. The molecule has 11 nitrogen and oxygen atoms in total. The number of carbonyl (C=O) groups excluding carboxylic acids is 1. The zero-order valence-corrected chi connectivity index (χ0v) is 22.7. The van der Waals surface area contributed by atoms with E-state index in [0.29, 0.717) is 5.75 Å². The van der Waals surface area contributed by atoms with Crippen LogP contribution >= 0.6 is 29.8 Å². The average Bonchev–Trinajstić information content (AvgIpc) is 3.01. The van der Waals surface area contributed by atoms with Gasteiger partial charge >= 0.3 is 18.3 Å². The van der Waals surface area contributed by atoms with E-state index in [0.717, 1.165) is 16.8 Å². The number of aliphatic hydroxyl groups excluding tert-OH is 1. The SMILES string of the molecule is CC(C)OC(=O)[C@H](C)N[P@](=S)(OC[C@H]1O[C@@H](n2ccc(=O)[nH]c2=O)C(Cl)(Cl)[C@@H]1O)Oc1ccccc1. The molecule has 1 saturated heterocycles. The van der Waals surface area contributed by atoms with Crippen LogP contribution in [0.5, 0.6) is 5.75 Å². The summed E-state index contributed by atoms with van der Waals surface area (Å²) in [5, 5.41) is 13.6. The molecule has 1 fully saturated rings. The molecule has 1 aliphatic heterocycles. The lowest BCUT2D eigenvalue weighted by molar-refractivity contribution is -0.149. The molecular weight excluding hydrogens is 556 g/mol. The Morgan fingerprint density at radius 1 is 1.28 bits per heavy atom. The molecule has 2 heterocycles. The van der Waals surface area contributed by atoms with Crippen LogP contribution in [0.2, 0.25) is 0 Å². The van der Waals surface area contributed by atoms with Crippen LogP contribution in [-0.4, -0.2) is 55.9 Å².